The fourth-order valence-electron chi connectivity index (χ4n) is 3.08. The Morgan fingerprint density at radius 3 is 2.83 bits per heavy atom. The number of hydrogen-bond donors (Lipinski definition) is 1. The van der Waals surface area contributed by atoms with Gasteiger partial charge < -0.3 is 19.5 Å². The predicted molar refractivity (Wildman–Crippen MR) is 90.8 cm³/mol. The minimum atomic E-state index is -0.114. The summed E-state index contributed by atoms with van der Waals surface area (Å²) >= 11 is 0. The van der Waals surface area contributed by atoms with Gasteiger partial charge in [0.05, 0.1) is 12.7 Å². The maximum absolute atomic E-state index is 12.4. The molecule has 0 aromatic heterocycles. The summed E-state index contributed by atoms with van der Waals surface area (Å²) in [5, 5.41) is 2.96. The van der Waals surface area contributed by atoms with Gasteiger partial charge in [-0.25, -0.2) is 0 Å². The summed E-state index contributed by atoms with van der Waals surface area (Å²) in [4.78, 5) is 14.8. The van der Waals surface area contributed by atoms with Crippen LogP contribution in [0.2, 0.25) is 0 Å². The SMILES string of the molecule is CC(C)CN1CCOC(CNC(=O)c2ccc3c(c2)OCCO3)C1. The summed E-state index contributed by atoms with van der Waals surface area (Å²) < 4.78 is 16.8. The van der Waals surface area contributed by atoms with Gasteiger partial charge in [0.2, 0.25) is 0 Å². The van der Waals surface area contributed by atoms with Gasteiger partial charge in [0.25, 0.3) is 5.91 Å². The Balaban J connectivity index is 1.52. The van der Waals surface area contributed by atoms with Crippen LogP contribution in [0.1, 0.15) is 24.2 Å². The molecule has 0 bridgehead atoms. The Hall–Kier alpha value is -1.79. The summed E-state index contributed by atoms with van der Waals surface area (Å²) in [6, 6.07) is 5.27. The third kappa shape index (κ3) is 4.39. The Morgan fingerprint density at radius 1 is 1.25 bits per heavy atom. The van der Waals surface area contributed by atoms with Crippen LogP contribution >= 0.6 is 0 Å². The minimum Gasteiger partial charge on any atom is -0.486 e. The van der Waals surface area contributed by atoms with Gasteiger partial charge in [0, 0.05) is 31.7 Å². The number of rotatable bonds is 5. The smallest absolute Gasteiger partial charge is 0.251 e. The van der Waals surface area contributed by atoms with Crippen molar-refractivity contribution in [1.29, 1.82) is 0 Å². The molecule has 1 aromatic carbocycles. The lowest BCUT2D eigenvalue weighted by atomic mass is 10.1. The topological polar surface area (TPSA) is 60.0 Å². The first-order valence-electron chi connectivity index (χ1n) is 8.63. The van der Waals surface area contributed by atoms with E-state index in [9.17, 15) is 4.79 Å². The van der Waals surface area contributed by atoms with Crippen LogP contribution < -0.4 is 14.8 Å². The second-order valence-corrected chi connectivity index (χ2v) is 6.71. The minimum absolute atomic E-state index is 0.0404. The van der Waals surface area contributed by atoms with Crippen molar-refractivity contribution in [1.82, 2.24) is 10.2 Å². The number of ether oxygens (including phenoxy) is 3. The number of amides is 1. The van der Waals surface area contributed by atoms with Gasteiger partial charge in [-0.05, 0) is 24.1 Å². The van der Waals surface area contributed by atoms with E-state index in [1.54, 1.807) is 18.2 Å². The molecule has 0 spiro atoms. The highest BCUT2D eigenvalue weighted by molar-refractivity contribution is 5.94. The zero-order valence-electron chi connectivity index (χ0n) is 14.4. The first kappa shape index (κ1) is 17.0. The summed E-state index contributed by atoms with van der Waals surface area (Å²) in [5.41, 5.74) is 0.578. The van der Waals surface area contributed by atoms with Crippen molar-refractivity contribution < 1.29 is 19.0 Å². The van der Waals surface area contributed by atoms with Crippen LogP contribution in [0.25, 0.3) is 0 Å². The molecular formula is C18H26N2O4. The molecule has 2 aliphatic rings. The van der Waals surface area contributed by atoms with Crippen molar-refractivity contribution in [3.05, 3.63) is 23.8 Å². The van der Waals surface area contributed by atoms with Gasteiger partial charge in [-0.3, -0.25) is 9.69 Å². The van der Waals surface area contributed by atoms with E-state index in [0.717, 1.165) is 26.2 Å². The van der Waals surface area contributed by atoms with E-state index < -0.39 is 0 Å². The van der Waals surface area contributed by atoms with Crippen LogP contribution in [-0.4, -0.2) is 62.9 Å². The standard InChI is InChI=1S/C18H26N2O4/c1-13(2)11-20-5-6-22-15(12-20)10-19-18(21)14-3-4-16-17(9-14)24-8-7-23-16/h3-4,9,13,15H,5-8,10-12H2,1-2H3,(H,19,21). The normalized spacial score (nSPS) is 20.9. The zero-order valence-corrected chi connectivity index (χ0v) is 14.4. The van der Waals surface area contributed by atoms with Gasteiger partial charge in [-0.2, -0.15) is 0 Å². The van der Waals surface area contributed by atoms with Crippen LogP contribution in [-0.2, 0) is 4.74 Å². The Morgan fingerprint density at radius 2 is 2.04 bits per heavy atom. The molecule has 1 unspecified atom stereocenters. The Kier molecular flexibility index (Phi) is 5.58. The van der Waals surface area contributed by atoms with Crippen LogP contribution in [0.5, 0.6) is 11.5 Å². The van der Waals surface area contributed by atoms with Gasteiger partial charge in [-0.1, -0.05) is 13.8 Å². The van der Waals surface area contributed by atoms with E-state index in [1.165, 1.54) is 0 Å². The number of nitrogens with one attached hydrogen (secondary N) is 1. The number of hydrogen-bond acceptors (Lipinski definition) is 5. The maximum atomic E-state index is 12.4. The molecule has 2 heterocycles. The van der Waals surface area contributed by atoms with Crippen molar-refractivity contribution in [2.75, 3.05) is 46.0 Å². The number of carbonyl (C=O) groups is 1. The van der Waals surface area contributed by atoms with E-state index in [1.807, 2.05) is 0 Å². The van der Waals surface area contributed by atoms with Crippen molar-refractivity contribution in [2.45, 2.75) is 20.0 Å². The molecule has 2 aliphatic heterocycles. The van der Waals surface area contributed by atoms with Crippen molar-refractivity contribution >= 4 is 5.91 Å². The van der Waals surface area contributed by atoms with Crippen LogP contribution in [0.15, 0.2) is 18.2 Å². The molecule has 1 atom stereocenters. The van der Waals surface area contributed by atoms with Crippen molar-refractivity contribution in [2.24, 2.45) is 5.92 Å². The maximum Gasteiger partial charge on any atom is 0.251 e. The quantitative estimate of drug-likeness (QED) is 0.885. The number of fused-ring (bicyclic) bond motifs is 1. The molecule has 1 amide bonds. The fraction of sp³-hybridized carbons (Fsp3) is 0.611. The lowest BCUT2D eigenvalue weighted by molar-refractivity contribution is -0.0295. The van der Waals surface area contributed by atoms with Gasteiger partial charge in [0.15, 0.2) is 11.5 Å². The molecule has 132 valence electrons. The largest absolute Gasteiger partial charge is 0.486 e. The van der Waals surface area contributed by atoms with E-state index in [4.69, 9.17) is 14.2 Å². The molecule has 1 aromatic rings. The number of morpholine rings is 1. The highest BCUT2D eigenvalue weighted by atomic mass is 16.6. The molecule has 1 N–H and O–H groups in total. The van der Waals surface area contributed by atoms with Gasteiger partial charge >= 0.3 is 0 Å². The fourth-order valence-corrected chi connectivity index (χ4v) is 3.08. The Bertz CT molecular complexity index is 576. The average Bonchev–Trinajstić information content (AvgIpc) is 2.59. The average molecular weight is 334 g/mol. The number of carbonyl (C=O) groups excluding carboxylic acids is 1. The second kappa shape index (κ2) is 7.85. The summed E-state index contributed by atoms with van der Waals surface area (Å²) in [6.45, 7) is 9.62. The summed E-state index contributed by atoms with van der Waals surface area (Å²) in [7, 11) is 0. The van der Waals surface area contributed by atoms with Crippen LogP contribution in [0.3, 0.4) is 0 Å². The molecule has 6 heteroatoms. The number of benzene rings is 1. The molecular weight excluding hydrogens is 308 g/mol. The highest BCUT2D eigenvalue weighted by Gasteiger charge is 2.22. The van der Waals surface area contributed by atoms with Crippen molar-refractivity contribution in [3.8, 4) is 11.5 Å². The molecule has 0 aliphatic carbocycles. The van der Waals surface area contributed by atoms with E-state index in [2.05, 4.69) is 24.1 Å². The lowest BCUT2D eigenvalue weighted by Crippen LogP contribution is -2.48. The van der Waals surface area contributed by atoms with Gasteiger partial charge in [0.1, 0.15) is 13.2 Å². The first-order valence-corrected chi connectivity index (χ1v) is 8.63. The third-order valence-corrected chi connectivity index (χ3v) is 4.14. The molecule has 3 rings (SSSR count). The monoisotopic (exact) mass is 334 g/mol. The first-order chi connectivity index (χ1) is 11.6. The zero-order chi connectivity index (χ0) is 16.9. The summed E-state index contributed by atoms with van der Waals surface area (Å²) in [6.07, 6.45) is 0.0404. The third-order valence-electron chi connectivity index (χ3n) is 4.14. The molecule has 6 nitrogen and oxygen atoms in total. The molecule has 0 radical (unpaired) electrons. The Labute approximate surface area is 143 Å². The molecule has 1 fully saturated rings. The van der Waals surface area contributed by atoms with E-state index in [0.29, 0.717) is 42.7 Å². The number of nitrogens with zero attached hydrogens (tertiary/aromatic N) is 1. The van der Waals surface area contributed by atoms with Gasteiger partial charge in [-0.15, -0.1) is 0 Å². The molecule has 24 heavy (non-hydrogen) atoms. The van der Waals surface area contributed by atoms with E-state index in [-0.39, 0.29) is 12.0 Å². The molecule has 1 saturated heterocycles. The predicted octanol–water partition coefficient (Wildman–Crippen LogP) is 1.54. The summed E-state index contributed by atoms with van der Waals surface area (Å²) in [5.74, 6) is 1.84. The van der Waals surface area contributed by atoms with Crippen LogP contribution in [0, 0.1) is 5.92 Å². The highest BCUT2D eigenvalue weighted by Crippen LogP contribution is 2.30. The van der Waals surface area contributed by atoms with E-state index >= 15 is 0 Å². The molecule has 0 saturated carbocycles. The van der Waals surface area contributed by atoms with Crippen molar-refractivity contribution in [3.63, 3.8) is 0 Å². The second-order valence-electron chi connectivity index (χ2n) is 6.71. The lowest BCUT2D eigenvalue weighted by Gasteiger charge is -2.34. The van der Waals surface area contributed by atoms with Crippen LogP contribution in [0.4, 0.5) is 0 Å².